The fourth-order valence-corrected chi connectivity index (χ4v) is 8.60. The summed E-state index contributed by atoms with van der Waals surface area (Å²) in [6, 6.07) is 32.5. The zero-order chi connectivity index (χ0) is 34.1. The lowest BCUT2D eigenvalue weighted by Gasteiger charge is -2.36. The van der Waals surface area contributed by atoms with Gasteiger partial charge in [-0.25, -0.2) is 4.99 Å². The second kappa shape index (κ2) is 13.8. The molecule has 2 heterocycles. The van der Waals surface area contributed by atoms with Gasteiger partial charge in [0.05, 0.1) is 5.69 Å². The van der Waals surface area contributed by atoms with Crippen molar-refractivity contribution in [1.29, 1.82) is 0 Å². The van der Waals surface area contributed by atoms with Crippen molar-refractivity contribution in [2.45, 2.75) is 63.2 Å². The third-order valence-corrected chi connectivity index (χ3v) is 11.1. The number of aliphatic imine (C=N–C) groups is 1. The van der Waals surface area contributed by atoms with Gasteiger partial charge in [-0.3, -0.25) is 10.3 Å². The SMILES string of the molecule is Cc1cc2c(c(C3C=CC(C4=CC(C5CC=Cc6ccccc65)CC(C5=NC(c6ccccc6)NC(c6ccccc6)N5)=C4)=CC3)n1)C=CCC2. The molecule has 51 heavy (non-hydrogen) atoms. The molecule has 0 fully saturated rings. The summed E-state index contributed by atoms with van der Waals surface area (Å²) in [5.41, 5.74) is 14.1. The summed E-state index contributed by atoms with van der Waals surface area (Å²) in [5.74, 6) is 1.99. The van der Waals surface area contributed by atoms with Crippen LogP contribution in [-0.4, -0.2) is 10.8 Å². The molecular formula is C47H44N4. The Kier molecular flexibility index (Phi) is 8.54. The molecule has 4 aromatic rings. The molecule has 9 rings (SSSR count). The Labute approximate surface area is 301 Å². The molecule has 1 aliphatic heterocycles. The highest BCUT2D eigenvalue weighted by Crippen LogP contribution is 2.44. The van der Waals surface area contributed by atoms with Crippen LogP contribution in [0.5, 0.6) is 0 Å². The molecule has 252 valence electrons. The van der Waals surface area contributed by atoms with E-state index >= 15 is 0 Å². The Morgan fingerprint density at radius 1 is 0.784 bits per heavy atom. The fraction of sp³-hybridized carbons (Fsp3) is 0.234. The van der Waals surface area contributed by atoms with E-state index in [4.69, 9.17) is 9.98 Å². The van der Waals surface area contributed by atoms with Gasteiger partial charge in [-0.1, -0.05) is 134 Å². The van der Waals surface area contributed by atoms with Crippen LogP contribution in [0.3, 0.4) is 0 Å². The van der Waals surface area contributed by atoms with Crippen LogP contribution >= 0.6 is 0 Å². The number of amidine groups is 1. The van der Waals surface area contributed by atoms with Gasteiger partial charge >= 0.3 is 0 Å². The number of aromatic nitrogens is 1. The molecule has 0 saturated carbocycles. The highest BCUT2D eigenvalue weighted by molar-refractivity contribution is 6.00. The number of allylic oxidation sites excluding steroid dienone is 9. The monoisotopic (exact) mass is 664 g/mol. The molecule has 0 amide bonds. The number of rotatable bonds is 6. The van der Waals surface area contributed by atoms with E-state index in [1.54, 1.807) is 0 Å². The molecule has 5 unspecified atom stereocenters. The van der Waals surface area contributed by atoms with Gasteiger partial charge in [-0.2, -0.15) is 0 Å². The van der Waals surface area contributed by atoms with Crippen molar-refractivity contribution in [1.82, 2.24) is 15.6 Å². The van der Waals surface area contributed by atoms with Crippen LogP contribution in [0.2, 0.25) is 0 Å². The quantitative estimate of drug-likeness (QED) is 0.216. The van der Waals surface area contributed by atoms with E-state index in [9.17, 15) is 0 Å². The van der Waals surface area contributed by atoms with Gasteiger partial charge in [0, 0.05) is 11.6 Å². The van der Waals surface area contributed by atoms with Gasteiger partial charge in [-0.15, -0.1) is 0 Å². The molecule has 1 aromatic heterocycles. The van der Waals surface area contributed by atoms with Gasteiger partial charge in [0.25, 0.3) is 0 Å². The third kappa shape index (κ3) is 6.41. The highest BCUT2D eigenvalue weighted by Gasteiger charge is 2.33. The molecule has 2 N–H and O–H groups in total. The fourth-order valence-electron chi connectivity index (χ4n) is 8.60. The van der Waals surface area contributed by atoms with Crippen LogP contribution in [0.15, 0.2) is 155 Å². The number of pyridine rings is 1. The molecule has 4 nitrogen and oxygen atoms in total. The van der Waals surface area contributed by atoms with Gasteiger partial charge in [-0.05, 0) is 113 Å². The zero-order valence-corrected chi connectivity index (χ0v) is 29.2. The molecule has 5 aliphatic rings. The lowest BCUT2D eigenvalue weighted by atomic mass is 9.72. The summed E-state index contributed by atoms with van der Waals surface area (Å²) in [5, 5.41) is 7.63. The summed E-state index contributed by atoms with van der Waals surface area (Å²) in [6.45, 7) is 2.13. The number of nitrogens with zero attached hydrogens (tertiary/aromatic N) is 2. The first kappa shape index (κ1) is 31.6. The third-order valence-electron chi connectivity index (χ3n) is 11.1. The Morgan fingerprint density at radius 3 is 2.41 bits per heavy atom. The van der Waals surface area contributed by atoms with Gasteiger partial charge in [0.1, 0.15) is 18.2 Å². The minimum atomic E-state index is -0.156. The van der Waals surface area contributed by atoms with Crippen LogP contribution < -0.4 is 10.6 Å². The molecule has 5 atom stereocenters. The van der Waals surface area contributed by atoms with E-state index in [2.05, 4.69) is 163 Å². The lowest BCUT2D eigenvalue weighted by Crippen LogP contribution is -2.45. The Hall–Kier alpha value is -5.32. The van der Waals surface area contributed by atoms with Gasteiger partial charge < -0.3 is 5.32 Å². The van der Waals surface area contributed by atoms with Crippen LogP contribution in [0.25, 0.3) is 12.2 Å². The number of benzene rings is 3. The Balaban J connectivity index is 1.09. The first-order chi connectivity index (χ1) is 25.2. The minimum Gasteiger partial charge on any atom is -0.351 e. The second-order valence-electron chi connectivity index (χ2n) is 14.5. The number of aryl methyl sites for hydroxylation is 2. The molecular weight excluding hydrogens is 621 g/mol. The maximum Gasteiger partial charge on any atom is 0.129 e. The van der Waals surface area contributed by atoms with E-state index < -0.39 is 0 Å². The van der Waals surface area contributed by atoms with Gasteiger partial charge in [0.15, 0.2) is 0 Å². The molecule has 0 saturated heterocycles. The first-order valence-electron chi connectivity index (χ1n) is 18.6. The van der Waals surface area contributed by atoms with Crippen molar-refractivity contribution in [3.8, 4) is 0 Å². The standard InChI is InChI=1S/C47H44N4/c1-31-27-37-18-9-11-21-43(37)44(48-31)34-25-23-32(24-26-34)38-28-39(42-22-12-19-33-13-8-10-20-41(33)42)30-40(29-38)47-50-45(35-14-4-2-5-15-35)49-46(51-47)36-16-6-3-7-17-36/h2-8,10-17,19-21,23-25,27-29,34,39,42,45-46,49H,9,18,22,26,30H2,1H3,(H,50,51). The lowest BCUT2D eigenvalue weighted by molar-refractivity contribution is 0.406. The molecule has 3 aromatic carbocycles. The topological polar surface area (TPSA) is 49.3 Å². The summed E-state index contributed by atoms with van der Waals surface area (Å²) < 4.78 is 0. The van der Waals surface area contributed by atoms with Gasteiger partial charge in [0.2, 0.25) is 0 Å². The van der Waals surface area contributed by atoms with E-state index in [1.807, 2.05) is 0 Å². The molecule has 0 spiro atoms. The summed E-state index contributed by atoms with van der Waals surface area (Å²) in [6.07, 6.45) is 26.3. The average Bonchev–Trinajstić information content (AvgIpc) is 3.20. The molecule has 4 heteroatoms. The van der Waals surface area contributed by atoms with Crippen molar-refractivity contribution in [2.24, 2.45) is 10.9 Å². The predicted octanol–water partition coefficient (Wildman–Crippen LogP) is 10.4. The minimum absolute atomic E-state index is 0.0627. The molecule has 4 aliphatic carbocycles. The maximum atomic E-state index is 5.39. The average molecular weight is 665 g/mol. The number of hydrogen-bond acceptors (Lipinski definition) is 4. The second-order valence-corrected chi connectivity index (χ2v) is 14.5. The van der Waals surface area contributed by atoms with Crippen molar-refractivity contribution >= 4 is 18.0 Å². The van der Waals surface area contributed by atoms with Crippen LogP contribution in [0.1, 0.15) is 94.6 Å². The van der Waals surface area contributed by atoms with Crippen molar-refractivity contribution in [3.05, 3.63) is 195 Å². The van der Waals surface area contributed by atoms with Crippen molar-refractivity contribution in [2.75, 3.05) is 0 Å². The van der Waals surface area contributed by atoms with E-state index in [1.165, 1.54) is 55.8 Å². The number of fused-ring (bicyclic) bond motifs is 2. The largest absolute Gasteiger partial charge is 0.351 e. The number of hydrogen-bond donors (Lipinski definition) is 2. The smallest absolute Gasteiger partial charge is 0.129 e. The summed E-state index contributed by atoms with van der Waals surface area (Å²) >= 11 is 0. The Morgan fingerprint density at radius 2 is 1.59 bits per heavy atom. The van der Waals surface area contributed by atoms with Crippen LogP contribution in [0, 0.1) is 12.8 Å². The molecule has 0 bridgehead atoms. The van der Waals surface area contributed by atoms with Crippen LogP contribution in [-0.2, 0) is 6.42 Å². The first-order valence-corrected chi connectivity index (χ1v) is 18.6. The predicted molar refractivity (Wildman–Crippen MR) is 210 cm³/mol. The summed E-state index contributed by atoms with van der Waals surface area (Å²) in [4.78, 5) is 10.5. The maximum absolute atomic E-state index is 5.39. The van der Waals surface area contributed by atoms with Crippen molar-refractivity contribution < 1.29 is 0 Å². The highest BCUT2D eigenvalue weighted by atomic mass is 15.3. The molecule has 0 radical (unpaired) electrons. The number of nitrogens with one attached hydrogen (secondary N) is 2. The summed E-state index contributed by atoms with van der Waals surface area (Å²) in [7, 11) is 0. The van der Waals surface area contributed by atoms with Crippen molar-refractivity contribution in [3.63, 3.8) is 0 Å². The van der Waals surface area contributed by atoms with E-state index in [-0.39, 0.29) is 18.2 Å². The van der Waals surface area contributed by atoms with E-state index in [0.29, 0.717) is 11.8 Å². The van der Waals surface area contributed by atoms with Crippen LogP contribution in [0.4, 0.5) is 0 Å². The van der Waals surface area contributed by atoms with E-state index in [0.717, 1.165) is 43.6 Å². The normalized spacial score (nSPS) is 25.1. The Bertz CT molecular complexity index is 2160. The zero-order valence-electron chi connectivity index (χ0n) is 29.2.